The van der Waals surface area contributed by atoms with Gasteiger partial charge in [0.2, 0.25) is 5.91 Å². The number of hydrogen-bond donors (Lipinski definition) is 1. The second kappa shape index (κ2) is 6.39. The summed E-state index contributed by atoms with van der Waals surface area (Å²) in [5, 5.41) is 9.69. The molecule has 5 nitrogen and oxygen atoms in total. The third-order valence-corrected chi connectivity index (χ3v) is 3.96. The van der Waals surface area contributed by atoms with Gasteiger partial charge < -0.3 is 9.88 Å². The van der Waals surface area contributed by atoms with E-state index in [0.717, 1.165) is 17.8 Å². The Bertz CT molecular complexity index is 671. The van der Waals surface area contributed by atoms with E-state index in [2.05, 4.69) is 15.5 Å². The molecule has 9 heteroatoms. The van der Waals surface area contributed by atoms with Gasteiger partial charge in [0.1, 0.15) is 6.33 Å². The fourth-order valence-corrected chi connectivity index (χ4v) is 2.45. The summed E-state index contributed by atoms with van der Waals surface area (Å²) < 4.78 is 40.3. The molecule has 1 aromatic heterocycles. The molecule has 2 aromatic rings. The standard InChI is InChI=1S/C13H13F3N4OS/c1-8(22-12-19-17-7-20(12)2)11(21)18-10-6-4-3-5-9(10)13(14,15)16/h3-8H,1-2H3,(H,18,21)/t8-/m0/s1. The molecular weight excluding hydrogens is 317 g/mol. The van der Waals surface area contributed by atoms with Crippen LogP contribution >= 0.6 is 11.8 Å². The Morgan fingerprint density at radius 1 is 1.36 bits per heavy atom. The van der Waals surface area contributed by atoms with Crippen LogP contribution in [-0.4, -0.2) is 25.9 Å². The van der Waals surface area contributed by atoms with E-state index < -0.39 is 22.9 Å². The summed E-state index contributed by atoms with van der Waals surface area (Å²) in [4.78, 5) is 12.1. The van der Waals surface area contributed by atoms with Gasteiger partial charge in [0, 0.05) is 7.05 Å². The van der Waals surface area contributed by atoms with E-state index in [1.54, 1.807) is 18.5 Å². The molecule has 0 aliphatic heterocycles. The molecule has 0 unspecified atom stereocenters. The molecular formula is C13H13F3N4OS. The molecule has 118 valence electrons. The number of halogens is 3. The topological polar surface area (TPSA) is 59.8 Å². The maximum atomic E-state index is 12.9. The van der Waals surface area contributed by atoms with Crippen LogP contribution in [0.1, 0.15) is 12.5 Å². The molecule has 1 amide bonds. The van der Waals surface area contributed by atoms with Crippen LogP contribution in [0.15, 0.2) is 35.7 Å². The number of aromatic nitrogens is 3. The Morgan fingerprint density at radius 2 is 2.05 bits per heavy atom. The number of benzene rings is 1. The van der Waals surface area contributed by atoms with Gasteiger partial charge >= 0.3 is 6.18 Å². The molecule has 0 saturated carbocycles. The minimum Gasteiger partial charge on any atom is -0.325 e. The zero-order chi connectivity index (χ0) is 16.3. The summed E-state index contributed by atoms with van der Waals surface area (Å²) >= 11 is 1.11. The van der Waals surface area contributed by atoms with E-state index in [4.69, 9.17) is 0 Å². The van der Waals surface area contributed by atoms with Crippen LogP contribution in [-0.2, 0) is 18.0 Å². The normalized spacial score (nSPS) is 13.0. The van der Waals surface area contributed by atoms with E-state index in [9.17, 15) is 18.0 Å². The van der Waals surface area contributed by atoms with Gasteiger partial charge in [-0.3, -0.25) is 4.79 Å². The molecule has 1 heterocycles. The largest absolute Gasteiger partial charge is 0.418 e. The fraction of sp³-hybridized carbons (Fsp3) is 0.308. The number of nitrogens with zero attached hydrogens (tertiary/aromatic N) is 3. The van der Waals surface area contributed by atoms with Gasteiger partial charge in [-0.1, -0.05) is 23.9 Å². The molecule has 0 fully saturated rings. The van der Waals surface area contributed by atoms with Crippen molar-refractivity contribution in [3.05, 3.63) is 36.2 Å². The number of hydrogen-bond acceptors (Lipinski definition) is 4. The number of thioether (sulfide) groups is 1. The lowest BCUT2D eigenvalue weighted by Gasteiger charge is -2.15. The summed E-state index contributed by atoms with van der Waals surface area (Å²) in [6, 6.07) is 4.86. The Hall–Kier alpha value is -2.03. The molecule has 1 atom stereocenters. The number of nitrogens with one attached hydrogen (secondary N) is 1. The molecule has 0 aliphatic carbocycles. The Morgan fingerprint density at radius 3 is 2.64 bits per heavy atom. The van der Waals surface area contributed by atoms with E-state index in [1.807, 2.05) is 0 Å². The molecule has 1 N–H and O–H groups in total. The van der Waals surface area contributed by atoms with Crippen molar-refractivity contribution in [1.82, 2.24) is 14.8 Å². The molecule has 22 heavy (non-hydrogen) atoms. The molecule has 0 bridgehead atoms. The van der Waals surface area contributed by atoms with Crippen molar-refractivity contribution in [2.75, 3.05) is 5.32 Å². The quantitative estimate of drug-likeness (QED) is 0.876. The summed E-state index contributed by atoms with van der Waals surface area (Å²) in [6.45, 7) is 1.59. The third kappa shape index (κ3) is 3.79. The summed E-state index contributed by atoms with van der Waals surface area (Å²) in [6.07, 6.45) is -3.05. The highest BCUT2D eigenvalue weighted by Gasteiger charge is 2.34. The van der Waals surface area contributed by atoms with Gasteiger partial charge in [0.15, 0.2) is 5.16 Å². The number of carbonyl (C=O) groups is 1. The average molecular weight is 330 g/mol. The Labute approximate surface area is 128 Å². The van der Waals surface area contributed by atoms with Crippen LogP contribution < -0.4 is 5.32 Å². The van der Waals surface area contributed by atoms with Crippen molar-refractivity contribution in [1.29, 1.82) is 0 Å². The van der Waals surface area contributed by atoms with Gasteiger partial charge in [0.05, 0.1) is 16.5 Å². The van der Waals surface area contributed by atoms with Gasteiger partial charge in [-0.05, 0) is 19.1 Å². The van der Waals surface area contributed by atoms with Crippen molar-refractivity contribution in [2.24, 2.45) is 7.05 Å². The van der Waals surface area contributed by atoms with Crippen molar-refractivity contribution in [2.45, 2.75) is 23.5 Å². The maximum absolute atomic E-state index is 12.9. The lowest BCUT2D eigenvalue weighted by atomic mass is 10.1. The zero-order valence-corrected chi connectivity index (χ0v) is 12.6. The molecule has 0 radical (unpaired) electrons. The van der Waals surface area contributed by atoms with E-state index in [-0.39, 0.29) is 5.69 Å². The molecule has 0 spiro atoms. The molecule has 1 aromatic carbocycles. The van der Waals surface area contributed by atoms with Crippen LogP contribution in [0.5, 0.6) is 0 Å². The number of aryl methyl sites for hydroxylation is 1. The highest BCUT2D eigenvalue weighted by molar-refractivity contribution is 8.00. The molecule has 0 aliphatic rings. The van der Waals surface area contributed by atoms with E-state index in [0.29, 0.717) is 5.16 Å². The van der Waals surface area contributed by atoms with Crippen LogP contribution in [0.4, 0.5) is 18.9 Å². The van der Waals surface area contributed by atoms with E-state index >= 15 is 0 Å². The lowest BCUT2D eigenvalue weighted by molar-refractivity contribution is -0.137. The first-order chi connectivity index (χ1) is 10.3. The Kier molecular flexibility index (Phi) is 4.74. The predicted molar refractivity (Wildman–Crippen MR) is 76.4 cm³/mol. The number of anilines is 1. The second-order valence-corrected chi connectivity index (χ2v) is 5.83. The third-order valence-electron chi connectivity index (χ3n) is 2.81. The fourth-order valence-electron chi connectivity index (χ4n) is 1.66. The highest BCUT2D eigenvalue weighted by Crippen LogP contribution is 2.35. The van der Waals surface area contributed by atoms with Gasteiger partial charge in [-0.25, -0.2) is 0 Å². The van der Waals surface area contributed by atoms with E-state index in [1.165, 1.54) is 24.5 Å². The summed E-state index contributed by atoms with van der Waals surface area (Å²) in [5.41, 5.74) is -1.13. The van der Waals surface area contributed by atoms with Crippen molar-refractivity contribution < 1.29 is 18.0 Å². The van der Waals surface area contributed by atoms with Crippen LogP contribution in [0.2, 0.25) is 0 Å². The number of carbonyl (C=O) groups excluding carboxylic acids is 1. The van der Waals surface area contributed by atoms with Crippen LogP contribution in [0.3, 0.4) is 0 Å². The number of alkyl halides is 3. The first-order valence-corrected chi connectivity index (χ1v) is 7.14. The van der Waals surface area contributed by atoms with Gasteiger partial charge in [-0.15, -0.1) is 10.2 Å². The second-order valence-electron chi connectivity index (χ2n) is 4.52. The number of rotatable bonds is 4. The maximum Gasteiger partial charge on any atom is 0.418 e. The first-order valence-electron chi connectivity index (χ1n) is 6.27. The summed E-state index contributed by atoms with van der Waals surface area (Å²) in [5.74, 6) is -0.537. The zero-order valence-electron chi connectivity index (χ0n) is 11.8. The molecule has 2 rings (SSSR count). The van der Waals surface area contributed by atoms with Crippen LogP contribution in [0.25, 0.3) is 0 Å². The summed E-state index contributed by atoms with van der Waals surface area (Å²) in [7, 11) is 1.71. The number of para-hydroxylation sites is 1. The lowest BCUT2D eigenvalue weighted by Crippen LogP contribution is -2.24. The minimum absolute atomic E-state index is 0.259. The number of amides is 1. The Balaban J connectivity index is 2.11. The highest BCUT2D eigenvalue weighted by atomic mass is 32.2. The minimum atomic E-state index is -4.52. The average Bonchev–Trinajstić information content (AvgIpc) is 2.83. The van der Waals surface area contributed by atoms with Gasteiger partial charge in [-0.2, -0.15) is 13.2 Å². The SMILES string of the molecule is C[C@H](Sc1nncn1C)C(=O)Nc1ccccc1C(F)(F)F. The first kappa shape index (κ1) is 16.3. The van der Waals surface area contributed by atoms with Crippen molar-refractivity contribution in [3.63, 3.8) is 0 Å². The van der Waals surface area contributed by atoms with Crippen LogP contribution in [0, 0.1) is 0 Å². The monoisotopic (exact) mass is 330 g/mol. The predicted octanol–water partition coefficient (Wildman–Crippen LogP) is 2.95. The van der Waals surface area contributed by atoms with Gasteiger partial charge in [0.25, 0.3) is 0 Å². The molecule has 0 saturated heterocycles. The van der Waals surface area contributed by atoms with Crippen molar-refractivity contribution in [3.8, 4) is 0 Å². The van der Waals surface area contributed by atoms with Crippen molar-refractivity contribution >= 4 is 23.4 Å². The smallest absolute Gasteiger partial charge is 0.325 e.